The van der Waals surface area contributed by atoms with E-state index in [4.69, 9.17) is 5.11 Å². The molecule has 2 aromatic rings. The Morgan fingerprint density at radius 2 is 2.00 bits per heavy atom. The Bertz CT molecular complexity index is 807. The predicted octanol–water partition coefficient (Wildman–Crippen LogP) is 0.699. The lowest BCUT2D eigenvalue weighted by Gasteiger charge is -2.16. The Labute approximate surface area is 144 Å². The van der Waals surface area contributed by atoms with Gasteiger partial charge in [-0.2, -0.15) is 10.2 Å². The first-order valence-electron chi connectivity index (χ1n) is 7.63. The van der Waals surface area contributed by atoms with Gasteiger partial charge in [0.1, 0.15) is 17.4 Å². The van der Waals surface area contributed by atoms with E-state index in [1.807, 2.05) is 6.92 Å². The van der Waals surface area contributed by atoms with Gasteiger partial charge in [0.2, 0.25) is 5.91 Å². The topological polar surface area (TPSA) is 122 Å². The number of carboxylic acids is 1. The second-order valence-electron chi connectivity index (χ2n) is 5.55. The molecule has 134 valence electrons. The molecule has 2 N–H and O–H groups in total. The zero-order valence-corrected chi connectivity index (χ0v) is 14.4. The first-order chi connectivity index (χ1) is 11.8. The fraction of sp³-hybridized carbons (Fsp3) is 0.400. The van der Waals surface area contributed by atoms with E-state index >= 15 is 0 Å². The van der Waals surface area contributed by atoms with Crippen molar-refractivity contribution in [3.63, 3.8) is 0 Å². The molecule has 0 saturated heterocycles. The molecule has 25 heavy (non-hydrogen) atoms. The summed E-state index contributed by atoms with van der Waals surface area (Å²) in [5, 5.41) is 19.7. The van der Waals surface area contributed by atoms with Crippen molar-refractivity contribution in [1.29, 1.82) is 0 Å². The van der Waals surface area contributed by atoms with Gasteiger partial charge in [-0.25, -0.2) is 9.48 Å². The van der Waals surface area contributed by atoms with Gasteiger partial charge in [-0.1, -0.05) is 0 Å². The monoisotopic (exact) mass is 348 g/mol. The second-order valence-corrected chi connectivity index (χ2v) is 5.55. The number of amides is 2. The van der Waals surface area contributed by atoms with Gasteiger partial charge in [-0.3, -0.25) is 14.3 Å². The molecular formula is C15H20N6O4. The first-order valence-corrected chi connectivity index (χ1v) is 7.63. The summed E-state index contributed by atoms with van der Waals surface area (Å²) >= 11 is 0. The van der Waals surface area contributed by atoms with Crippen molar-refractivity contribution >= 4 is 23.5 Å². The summed E-state index contributed by atoms with van der Waals surface area (Å²) in [7, 11) is 3.21. The third kappa shape index (κ3) is 3.52. The highest BCUT2D eigenvalue weighted by atomic mass is 16.4. The van der Waals surface area contributed by atoms with Crippen LogP contribution in [0.3, 0.4) is 0 Å². The van der Waals surface area contributed by atoms with Crippen LogP contribution in [-0.2, 0) is 11.3 Å². The summed E-state index contributed by atoms with van der Waals surface area (Å²) in [4.78, 5) is 37.4. The molecule has 0 aliphatic rings. The molecule has 0 fully saturated rings. The molecule has 1 atom stereocenters. The molecule has 2 rings (SSSR count). The third-order valence-corrected chi connectivity index (χ3v) is 3.64. The summed E-state index contributed by atoms with van der Waals surface area (Å²) in [6.07, 6.45) is 2.70. The average molecular weight is 348 g/mol. The highest BCUT2D eigenvalue weighted by Crippen LogP contribution is 2.19. The number of carboxylic acid groups (broad SMARTS) is 1. The maximum atomic E-state index is 12.5. The minimum Gasteiger partial charge on any atom is -0.477 e. The average Bonchev–Trinajstić information content (AvgIpc) is 3.19. The number of aryl methyl sites for hydroxylation is 1. The molecule has 2 amide bonds. The van der Waals surface area contributed by atoms with E-state index in [2.05, 4.69) is 15.5 Å². The maximum absolute atomic E-state index is 12.5. The Balaban J connectivity index is 2.29. The van der Waals surface area contributed by atoms with Gasteiger partial charge in [-0.05, 0) is 19.9 Å². The summed E-state index contributed by atoms with van der Waals surface area (Å²) in [6, 6.07) is 0.427. The summed E-state index contributed by atoms with van der Waals surface area (Å²) in [5.41, 5.74) is 0.421. The van der Waals surface area contributed by atoms with Crippen LogP contribution in [0.1, 0.15) is 40.9 Å². The van der Waals surface area contributed by atoms with E-state index < -0.39 is 17.9 Å². The molecule has 0 aliphatic heterocycles. The van der Waals surface area contributed by atoms with Crippen molar-refractivity contribution in [2.45, 2.75) is 26.4 Å². The number of carbonyl (C=O) groups is 3. The lowest BCUT2D eigenvalue weighted by atomic mass is 10.2. The van der Waals surface area contributed by atoms with E-state index in [0.29, 0.717) is 6.54 Å². The zero-order valence-electron chi connectivity index (χ0n) is 14.4. The predicted molar refractivity (Wildman–Crippen MR) is 88.4 cm³/mol. The largest absolute Gasteiger partial charge is 0.477 e. The Morgan fingerprint density at radius 3 is 2.56 bits per heavy atom. The molecule has 0 saturated carbocycles. The highest BCUT2D eigenvalue weighted by molar-refractivity contribution is 6.03. The second kappa shape index (κ2) is 7.16. The van der Waals surface area contributed by atoms with E-state index in [0.717, 1.165) is 4.68 Å². The fourth-order valence-corrected chi connectivity index (χ4v) is 2.29. The van der Waals surface area contributed by atoms with Crippen molar-refractivity contribution in [2.75, 3.05) is 19.4 Å². The zero-order chi connectivity index (χ0) is 18.7. The van der Waals surface area contributed by atoms with Gasteiger partial charge in [-0.15, -0.1) is 0 Å². The van der Waals surface area contributed by atoms with Gasteiger partial charge in [0.05, 0.1) is 11.9 Å². The van der Waals surface area contributed by atoms with Gasteiger partial charge < -0.3 is 15.3 Å². The van der Waals surface area contributed by atoms with Crippen LogP contribution < -0.4 is 5.32 Å². The van der Waals surface area contributed by atoms with Crippen LogP contribution in [0.5, 0.6) is 0 Å². The molecule has 10 heteroatoms. The molecule has 0 spiro atoms. The molecule has 0 aromatic carbocycles. The smallest absolute Gasteiger partial charge is 0.354 e. The SMILES string of the molecule is CCn1ncc(NC(=O)C(C)n2nccc2C(=O)O)c1C(=O)N(C)C. The number of rotatable bonds is 6. The molecule has 2 aromatic heterocycles. The molecule has 0 radical (unpaired) electrons. The number of hydrogen-bond acceptors (Lipinski definition) is 5. The van der Waals surface area contributed by atoms with Crippen LogP contribution in [0.15, 0.2) is 18.5 Å². The number of anilines is 1. The van der Waals surface area contributed by atoms with Crippen molar-refractivity contribution in [2.24, 2.45) is 0 Å². The van der Waals surface area contributed by atoms with Crippen molar-refractivity contribution < 1.29 is 19.5 Å². The molecule has 0 bridgehead atoms. The van der Waals surface area contributed by atoms with E-state index in [9.17, 15) is 14.4 Å². The fourth-order valence-electron chi connectivity index (χ4n) is 2.29. The van der Waals surface area contributed by atoms with Crippen LogP contribution in [0.25, 0.3) is 0 Å². The lowest BCUT2D eigenvalue weighted by molar-refractivity contribution is -0.119. The number of aromatic nitrogens is 4. The van der Waals surface area contributed by atoms with Crippen LogP contribution in [0.4, 0.5) is 5.69 Å². The minimum atomic E-state index is -1.18. The summed E-state index contributed by atoms with van der Waals surface area (Å²) in [5.74, 6) is -1.98. The number of hydrogen-bond donors (Lipinski definition) is 2. The summed E-state index contributed by atoms with van der Waals surface area (Å²) < 4.78 is 2.59. The standard InChI is InChI=1S/C15H20N6O4/c1-5-20-12(14(23)19(3)4)10(8-17-20)18-13(22)9(2)21-11(15(24)25)6-7-16-21/h6-9H,5H2,1-4H3,(H,18,22)(H,24,25). The molecular weight excluding hydrogens is 328 g/mol. The van der Waals surface area contributed by atoms with Crippen LogP contribution in [-0.4, -0.2) is 61.4 Å². The first kappa shape index (κ1) is 18.2. The quantitative estimate of drug-likeness (QED) is 0.792. The normalized spacial score (nSPS) is 11.8. The Hall–Kier alpha value is -3.17. The van der Waals surface area contributed by atoms with Crippen molar-refractivity contribution in [1.82, 2.24) is 24.5 Å². The number of aromatic carboxylic acids is 1. The molecule has 10 nitrogen and oxygen atoms in total. The maximum Gasteiger partial charge on any atom is 0.354 e. The van der Waals surface area contributed by atoms with Gasteiger partial charge in [0.25, 0.3) is 5.91 Å². The number of carbonyl (C=O) groups excluding carboxylic acids is 2. The van der Waals surface area contributed by atoms with Gasteiger partial charge in [0, 0.05) is 26.8 Å². The van der Waals surface area contributed by atoms with Crippen LogP contribution in [0.2, 0.25) is 0 Å². The van der Waals surface area contributed by atoms with Gasteiger partial charge in [0.15, 0.2) is 0 Å². The van der Waals surface area contributed by atoms with Crippen molar-refractivity contribution in [3.8, 4) is 0 Å². The lowest BCUT2D eigenvalue weighted by Crippen LogP contribution is -2.29. The van der Waals surface area contributed by atoms with Crippen LogP contribution in [0, 0.1) is 0 Å². The Morgan fingerprint density at radius 1 is 1.32 bits per heavy atom. The molecule has 1 unspecified atom stereocenters. The van der Waals surface area contributed by atoms with Crippen molar-refractivity contribution in [3.05, 3.63) is 29.8 Å². The molecule has 2 heterocycles. The number of nitrogens with one attached hydrogen (secondary N) is 1. The van der Waals surface area contributed by atoms with E-state index in [1.165, 1.54) is 35.0 Å². The summed E-state index contributed by atoms with van der Waals surface area (Å²) in [6.45, 7) is 3.81. The van der Waals surface area contributed by atoms with Crippen LogP contribution >= 0.6 is 0 Å². The minimum absolute atomic E-state index is 0.100. The highest BCUT2D eigenvalue weighted by Gasteiger charge is 2.25. The van der Waals surface area contributed by atoms with E-state index in [-0.39, 0.29) is 23.0 Å². The number of nitrogens with zero attached hydrogens (tertiary/aromatic N) is 5. The third-order valence-electron chi connectivity index (χ3n) is 3.64. The molecule has 0 aliphatic carbocycles. The van der Waals surface area contributed by atoms with Gasteiger partial charge >= 0.3 is 5.97 Å². The Kier molecular flexibility index (Phi) is 5.20. The van der Waals surface area contributed by atoms with E-state index in [1.54, 1.807) is 14.1 Å².